The van der Waals surface area contributed by atoms with Gasteiger partial charge in [-0.25, -0.2) is 0 Å². The number of hydrogen-bond donors (Lipinski definition) is 0. The van der Waals surface area contributed by atoms with Crippen molar-refractivity contribution in [2.45, 2.75) is 117 Å². The molecule has 8 heteroatoms. The van der Waals surface area contributed by atoms with Gasteiger partial charge in [0, 0.05) is 24.8 Å². The van der Waals surface area contributed by atoms with E-state index in [1.807, 2.05) is 31.6 Å². The molecule has 0 amide bonds. The first-order chi connectivity index (χ1) is 14.0. The van der Waals surface area contributed by atoms with Gasteiger partial charge in [0.2, 0.25) is 5.87 Å². The molecule has 7 nitrogen and oxygen atoms in total. The molecule has 0 spiro atoms. The van der Waals surface area contributed by atoms with Gasteiger partial charge in [-0.2, -0.15) is 0 Å². The van der Waals surface area contributed by atoms with Gasteiger partial charge in [0.25, 0.3) is 7.28 Å². The zero-order valence-electron chi connectivity index (χ0n) is 21.5. The Balaban J connectivity index is 2.30. The number of ether oxygens (including phenoxy) is 3. The minimum atomic E-state index is -0.440. The number of carbonyl (C=O) groups is 1. The Bertz CT molecular complexity index is 688. The fourth-order valence-electron chi connectivity index (χ4n) is 2.81. The highest BCUT2D eigenvalue weighted by Gasteiger charge is 2.24. The molecule has 0 unspecified atom stereocenters. The third-order valence-corrected chi connectivity index (χ3v) is 4.89. The maximum absolute atomic E-state index is 11.8. The summed E-state index contributed by atoms with van der Waals surface area (Å²) in [4.78, 5) is 11.8. The predicted octanol–water partition coefficient (Wildman–Crippen LogP) is 4.74. The van der Waals surface area contributed by atoms with Crippen molar-refractivity contribution in [1.82, 2.24) is 15.0 Å². The van der Waals surface area contributed by atoms with E-state index in [1.165, 1.54) is 0 Å². The van der Waals surface area contributed by atoms with Crippen LogP contribution in [0, 0.1) is 0 Å². The van der Waals surface area contributed by atoms with Gasteiger partial charge < -0.3 is 14.2 Å². The SMILES string of the molecule is CC(C)(C)OC(=O)BCCOC(C)(C)CCOC(C)(C)CCn1cc(C(C)(C)C)nn1. The fourth-order valence-corrected chi connectivity index (χ4v) is 2.81. The first kappa shape index (κ1) is 27.6. The van der Waals surface area contributed by atoms with E-state index in [9.17, 15) is 4.79 Å². The molecule has 31 heavy (non-hydrogen) atoms. The van der Waals surface area contributed by atoms with E-state index >= 15 is 0 Å². The second-order valence-corrected chi connectivity index (χ2v) is 11.5. The fraction of sp³-hybridized carbons (Fsp3) is 0.870. The van der Waals surface area contributed by atoms with Crippen LogP contribution in [0.5, 0.6) is 0 Å². The number of carbonyl (C=O) groups excluding carboxylic acids is 1. The molecule has 0 N–H and O–H groups in total. The van der Waals surface area contributed by atoms with E-state index in [0.29, 0.717) is 26.8 Å². The Labute approximate surface area is 189 Å². The molecule has 1 aromatic rings. The van der Waals surface area contributed by atoms with Gasteiger partial charge >= 0.3 is 0 Å². The minimum Gasteiger partial charge on any atom is -0.468 e. The summed E-state index contributed by atoms with van der Waals surface area (Å²) in [6, 6.07) is 0. The molecule has 0 atom stereocenters. The second kappa shape index (κ2) is 10.9. The molecule has 0 bridgehead atoms. The molecule has 0 aromatic carbocycles. The second-order valence-electron chi connectivity index (χ2n) is 11.5. The smallest absolute Gasteiger partial charge is 0.262 e. The van der Waals surface area contributed by atoms with Crippen LogP contribution in [0.2, 0.25) is 6.32 Å². The predicted molar refractivity (Wildman–Crippen MR) is 126 cm³/mol. The van der Waals surface area contributed by atoms with Crippen molar-refractivity contribution >= 4 is 13.1 Å². The highest BCUT2D eigenvalue weighted by Crippen LogP contribution is 2.22. The summed E-state index contributed by atoms with van der Waals surface area (Å²) in [7, 11) is 0.371. The standard InChI is InChI=1S/C23H44BN3O4/c1-20(2,3)18-17-27(26-25-18)14-11-22(7,8)29-15-12-23(9,10)30-16-13-24-19(28)31-21(4,5)6/h17,24H,11-16H2,1-10H3. The maximum Gasteiger partial charge on any atom is 0.262 e. The maximum atomic E-state index is 11.8. The van der Waals surface area contributed by atoms with Gasteiger partial charge in [-0.05, 0) is 67.6 Å². The van der Waals surface area contributed by atoms with Crippen LogP contribution in [0.25, 0.3) is 0 Å². The van der Waals surface area contributed by atoms with Gasteiger partial charge in [-0.1, -0.05) is 26.0 Å². The first-order valence-electron chi connectivity index (χ1n) is 11.4. The molecule has 0 aliphatic heterocycles. The van der Waals surface area contributed by atoms with Gasteiger partial charge in [-0.3, -0.25) is 9.48 Å². The molecule has 1 heterocycles. The zero-order chi connectivity index (χ0) is 23.9. The van der Waals surface area contributed by atoms with Gasteiger partial charge in [0.15, 0.2) is 0 Å². The molecule has 0 aliphatic rings. The van der Waals surface area contributed by atoms with Gasteiger partial charge in [0.05, 0.1) is 23.5 Å². The van der Waals surface area contributed by atoms with Crippen molar-refractivity contribution < 1.29 is 19.0 Å². The van der Waals surface area contributed by atoms with E-state index in [4.69, 9.17) is 14.2 Å². The summed E-state index contributed by atoms with van der Waals surface area (Å²) >= 11 is 0. The van der Waals surface area contributed by atoms with Gasteiger partial charge in [-0.15, -0.1) is 5.10 Å². The third kappa shape index (κ3) is 12.3. The number of rotatable bonds is 12. The number of aryl methyl sites for hydroxylation is 1. The molecule has 0 fully saturated rings. The molecular formula is C23H44BN3O4. The summed E-state index contributed by atoms with van der Waals surface area (Å²) in [6.45, 7) is 22.2. The van der Waals surface area contributed by atoms with E-state index in [2.05, 4.69) is 58.8 Å². The molecule has 1 rings (SSSR count). The molecule has 0 radical (unpaired) electrons. The highest BCUT2D eigenvalue weighted by atomic mass is 16.5. The first-order valence-corrected chi connectivity index (χ1v) is 11.4. The quantitative estimate of drug-likeness (QED) is 0.347. The lowest BCUT2D eigenvalue weighted by atomic mass is 9.75. The van der Waals surface area contributed by atoms with Crippen molar-refractivity contribution in [2.75, 3.05) is 13.2 Å². The van der Waals surface area contributed by atoms with Crippen LogP contribution in [-0.2, 0) is 26.2 Å². The lowest BCUT2D eigenvalue weighted by Gasteiger charge is -2.30. The summed E-state index contributed by atoms with van der Waals surface area (Å²) in [5, 5.41) is 8.51. The largest absolute Gasteiger partial charge is 0.468 e. The van der Waals surface area contributed by atoms with Crippen LogP contribution in [0.15, 0.2) is 6.20 Å². The lowest BCUT2D eigenvalue weighted by molar-refractivity contribution is -0.0728. The van der Waals surface area contributed by atoms with E-state index in [-0.39, 0.29) is 22.5 Å². The van der Waals surface area contributed by atoms with Crippen molar-refractivity contribution in [1.29, 1.82) is 0 Å². The average Bonchev–Trinajstić information content (AvgIpc) is 3.04. The molecule has 0 saturated carbocycles. The summed E-state index contributed by atoms with van der Waals surface area (Å²) in [5.74, 6) is -0.180. The summed E-state index contributed by atoms with van der Waals surface area (Å²) in [6.07, 6.45) is 4.29. The monoisotopic (exact) mass is 437 g/mol. The van der Waals surface area contributed by atoms with Crippen molar-refractivity contribution in [3.05, 3.63) is 11.9 Å². The average molecular weight is 437 g/mol. The Kier molecular flexibility index (Phi) is 9.76. The van der Waals surface area contributed by atoms with E-state index in [0.717, 1.165) is 25.1 Å². The minimum absolute atomic E-state index is 0.00273. The molecule has 178 valence electrons. The number of hydrogen-bond acceptors (Lipinski definition) is 6. The zero-order valence-corrected chi connectivity index (χ0v) is 21.5. The highest BCUT2D eigenvalue weighted by molar-refractivity contribution is 6.72. The topological polar surface area (TPSA) is 75.5 Å². The van der Waals surface area contributed by atoms with E-state index < -0.39 is 5.60 Å². The summed E-state index contributed by atoms with van der Waals surface area (Å²) in [5.41, 5.74) is -0.0118. The van der Waals surface area contributed by atoms with Crippen molar-refractivity contribution in [3.63, 3.8) is 0 Å². The molecule has 0 saturated heterocycles. The van der Waals surface area contributed by atoms with Crippen LogP contribution >= 0.6 is 0 Å². The van der Waals surface area contributed by atoms with Crippen molar-refractivity contribution in [3.8, 4) is 0 Å². The van der Waals surface area contributed by atoms with Crippen LogP contribution in [0.1, 0.15) is 87.8 Å². The van der Waals surface area contributed by atoms with Crippen LogP contribution < -0.4 is 0 Å². The van der Waals surface area contributed by atoms with Crippen LogP contribution in [0.3, 0.4) is 0 Å². The Morgan fingerprint density at radius 2 is 1.52 bits per heavy atom. The Morgan fingerprint density at radius 3 is 2.06 bits per heavy atom. The molecule has 0 aliphatic carbocycles. The number of aromatic nitrogens is 3. The van der Waals surface area contributed by atoms with Crippen LogP contribution in [-0.4, -0.2) is 58.2 Å². The Morgan fingerprint density at radius 1 is 0.935 bits per heavy atom. The molecule has 1 aromatic heterocycles. The van der Waals surface area contributed by atoms with Crippen molar-refractivity contribution in [2.24, 2.45) is 0 Å². The van der Waals surface area contributed by atoms with E-state index in [1.54, 1.807) is 0 Å². The molecular weight excluding hydrogens is 393 g/mol. The number of nitrogens with zero attached hydrogens (tertiary/aromatic N) is 3. The summed E-state index contributed by atoms with van der Waals surface area (Å²) < 4.78 is 19.3. The van der Waals surface area contributed by atoms with Crippen LogP contribution in [0.4, 0.5) is 4.79 Å². The third-order valence-electron chi connectivity index (χ3n) is 4.89. The Hall–Kier alpha value is -1.41. The van der Waals surface area contributed by atoms with Gasteiger partial charge in [0.1, 0.15) is 5.60 Å². The lowest BCUT2D eigenvalue weighted by Crippen LogP contribution is -2.32. The normalized spacial score (nSPS) is 13.4.